The first-order chi connectivity index (χ1) is 8.74. The van der Waals surface area contributed by atoms with Gasteiger partial charge in [0, 0.05) is 32.0 Å². The maximum Gasteiger partial charge on any atom is 0.251 e. The monoisotopic (exact) mass is 253 g/mol. The average molecular weight is 253 g/mol. The number of anilines is 1. The van der Waals surface area contributed by atoms with Crippen LogP contribution in [0, 0.1) is 0 Å². The Morgan fingerprint density at radius 1 is 1.44 bits per heavy atom. The van der Waals surface area contributed by atoms with E-state index in [9.17, 15) is 4.79 Å². The second-order valence-electron chi connectivity index (χ2n) is 3.68. The number of pyridine rings is 1. The van der Waals surface area contributed by atoms with Crippen LogP contribution >= 0.6 is 0 Å². The van der Waals surface area contributed by atoms with Gasteiger partial charge in [-0.1, -0.05) is 0 Å². The Morgan fingerprint density at radius 2 is 2.28 bits per heavy atom. The van der Waals surface area contributed by atoms with E-state index in [0.717, 1.165) is 6.42 Å². The molecule has 0 aliphatic carbocycles. The number of hydrogen-bond acceptors (Lipinski definition) is 5. The highest BCUT2D eigenvalue weighted by atomic mass is 16.5. The number of methoxy groups -OCH3 is 1. The summed E-state index contributed by atoms with van der Waals surface area (Å²) in [4.78, 5) is 15.5. The molecule has 0 aromatic carbocycles. The average Bonchev–Trinajstić information content (AvgIpc) is 2.37. The molecule has 100 valence electrons. The number of carbonyl (C=O) groups is 1. The van der Waals surface area contributed by atoms with Gasteiger partial charge in [0.1, 0.15) is 5.82 Å². The Balaban J connectivity index is 2.14. The molecule has 1 rings (SSSR count). The van der Waals surface area contributed by atoms with E-state index in [-0.39, 0.29) is 5.91 Å². The number of nitrogens with two attached hydrogens (primary N) is 1. The fraction of sp³-hybridized carbons (Fsp3) is 0.500. The fourth-order valence-electron chi connectivity index (χ4n) is 1.31. The summed E-state index contributed by atoms with van der Waals surface area (Å²) in [5.41, 5.74) is 6.01. The first-order valence-corrected chi connectivity index (χ1v) is 5.80. The molecule has 0 radical (unpaired) electrons. The van der Waals surface area contributed by atoms with Crippen molar-refractivity contribution < 1.29 is 14.3 Å². The van der Waals surface area contributed by atoms with E-state index in [2.05, 4.69) is 10.3 Å². The second kappa shape index (κ2) is 8.43. The lowest BCUT2D eigenvalue weighted by molar-refractivity contribution is 0.0688. The predicted octanol–water partition coefficient (Wildman–Crippen LogP) is 0.447. The quantitative estimate of drug-likeness (QED) is 0.657. The number of amides is 1. The van der Waals surface area contributed by atoms with Gasteiger partial charge in [-0.05, 0) is 18.6 Å². The van der Waals surface area contributed by atoms with Gasteiger partial charge in [0.2, 0.25) is 0 Å². The van der Waals surface area contributed by atoms with Crippen molar-refractivity contribution in [1.29, 1.82) is 0 Å². The normalized spacial score (nSPS) is 10.3. The van der Waals surface area contributed by atoms with Gasteiger partial charge in [0.05, 0.1) is 13.2 Å². The topological polar surface area (TPSA) is 86.5 Å². The van der Waals surface area contributed by atoms with E-state index in [4.69, 9.17) is 15.2 Å². The lowest BCUT2D eigenvalue weighted by atomic mass is 10.2. The molecule has 1 aromatic rings. The van der Waals surface area contributed by atoms with Crippen molar-refractivity contribution in [3.63, 3.8) is 0 Å². The number of nitrogens with one attached hydrogen (secondary N) is 1. The second-order valence-corrected chi connectivity index (χ2v) is 3.68. The zero-order chi connectivity index (χ0) is 13.2. The number of hydrogen-bond donors (Lipinski definition) is 2. The van der Waals surface area contributed by atoms with Crippen molar-refractivity contribution in [3.8, 4) is 0 Å². The zero-order valence-corrected chi connectivity index (χ0v) is 10.5. The predicted molar refractivity (Wildman–Crippen MR) is 68.3 cm³/mol. The standard InChI is InChI=1S/C12H19N3O3/c1-17-7-8-18-6-2-4-15-12(16)10-3-5-14-11(13)9-10/h3,5,9H,2,4,6-8H2,1H3,(H2,13,14)(H,15,16). The molecule has 0 fully saturated rings. The zero-order valence-electron chi connectivity index (χ0n) is 10.5. The lowest BCUT2D eigenvalue weighted by Crippen LogP contribution is -2.25. The van der Waals surface area contributed by atoms with Crippen molar-refractivity contribution in [2.45, 2.75) is 6.42 Å². The van der Waals surface area contributed by atoms with Gasteiger partial charge in [0.15, 0.2) is 0 Å². The maximum absolute atomic E-state index is 11.7. The maximum atomic E-state index is 11.7. The van der Waals surface area contributed by atoms with Gasteiger partial charge in [0.25, 0.3) is 5.91 Å². The summed E-state index contributed by atoms with van der Waals surface area (Å²) >= 11 is 0. The molecule has 1 aromatic heterocycles. The third-order valence-corrected chi connectivity index (χ3v) is 2.23. The minimum absolute atomic E-state index is 0.152. The van der Waals surface area contributed by atoms with Gasteiger partial charge in [-0.25, -0.2) is 4.98 Å². The van der Waals surface area contributed by atoms with Gasteiger partial charge in [-0.15, -0.1) is 0 Å². The largest absolute Gasteiger partial charge is 0.384 e. The number of aromatic nitrogens is 1. The Kier molecular flexibility index (Phi) is 6.75. The van der Waals surface area contributed by atoms with E-state index >= 15 is 0 Å². The molecule has 3 N–H and O–H groups in total. The molecule has 0 aliphatic heterocycles. The van der Waals surface area contributed by atoms with Gasteiger partial charge >= 0.3 is 0 Å². The molecule has 0 atom stereocenters. The van der Waals surface area contributed by atoms with Crippen LogP contribution in [-0.2, 0) is 9.47 Å². The molecule has 6 nitrogen and oxygen atoms in total. The Labute approximate surface area is 106 Å². The minimum Gasteiger partial charge on any atom is -0.384 e. The smallest absolute Gasteiger partial charge is 0.251 e. The van der Waals surface area contributed by atoms with Crippen molar-refractivity contribution in [3.05, 3.63) is 23.9 Å². The summed E-state index contributed by atoms with van der Waals surface area (Å²) in [6.45, 7) is 2.32. The van der Waals surface area contributed by atoms with E-state index in [1.165, 1.54) is 6.20 Å². The first-order valence-electron chi connectivity index (χ1n) is 5.80. The highest BCUT2D eigenvalue weighted by Gasteiger charge is 2.04. The van der Waals surface area contributed by atoms with Crippen molar-refractivity contribution in [2.75, 3.05) is 39.2 Å². The van der Waals surface area contributed by atoms with Crippen LogP contribution in [-0.4, -0.2) is 44.4 Å². The van der Waals surface area contributed by atoms with Crippen LogP contribution in [0.1, 0.15) is 16.8 Å². The Morgan fingerprint density at radius 3 is 3.00 bits per heavy atom. The van der Waals surface area contributed by atoms with E-state index in [1.807, 2.05) is 0 Å². The number of carbonyl (C=O) groups excluding carboxylic acids is 1. The van der Waals surface area contributed by atoms with Crippen LogP contribution in [0.3, 0.4) is 0 Å². The molecule has 6 heteroatoms. The van der Waals surface area contributed by atoms with Gasteiger partial charge < -0.3 is 20.5 Å². The van der Waals surface area contributed by atoms with E-state index in [1.54, 1.807) is 19.2 Å². The van der Waals surface area contributed by atoms with Crippen LogP contribution in [0.4, 0.5) is 5.82 Å². The molecule has 0 unspecified atom stereocenters. The van der Waals surface area contributed by atoms with Crippen molar-refractivity contribution in [2.24, 2.45) is 0 Å². The number of nitrogen functional groups attached to an aromatic ring is 1. The lowest BCUT2D eigenvalue weighted by Gasteiger charge is -2.06. The van der Waals surface area contributed by atoms with Crippen LogP contribution in [0.15, 0.2) is 18.3 Å². The van der Waals surface area contributed by atoms with Crippen LogP contribution in [0.2, 0.25) is 0 Å². The third-order valence-electron chi connectivity index (χ3n) is 2.23. The molecule has 1 amide bonds. The molecule has 18 heavy (non-hydrogen) atoms. The number of nitrogens with zero attached hydrogens (tertiary/aromatic N) is 1. The molecule has 0 saturated heterocycles. The van der Waals surface area contributed by atoms with Crippen molar-refractivity contribution >= 4 is 11.7 Å². The summed E-state index contributed by atoms with van der Waals surface area (Å²) in [7, 11) is 1.63. The first kappa shape index (κ1) is 14.4. The van der Waals surface area contributed by atoms with Gasteiger partial charge in [-0.2, -0.15) is 0 Å². The Hall–Kier alpha value is -1.66. The minimum atomic E-state index is -0.152. The van der Waals surface area contributed by atoms with Crippen molar-refractivity contribution in [1.82, 2.24) is 10.3 Å². The number of ether oxygens (including phenoxy) is 2. The highest BCUT2D eigenvalue weighted by Crippen LogP contribution is 2.02. The molecule has 1 heterocycles. The molecule has 0 bridgehead atoms. The van der Waals surface area contributed by atoms with Crippen LogP contribution < -0.4 is 11.1 Å². The Bertz CT molecular complexity index is 371. The van der Waals surface area contributed by atoms with Gasteiger partial charge in [-0.3, -0.25) is 4.79 Å². The summed E-state index contributed by atoms with van der Waals surface area (Å²) < 4.78 is 10.1. The van der Waals surface area contributed by atoms with Crippen LogP contribution in [0.25, 0.3) is 0 Å². The molecule has 0 aliphatic rings. The molecular weight excluding hydrogens is 234 g/mol. The summed E-state index contributed by atoms with van der Waals surface area (Å²) in [6.07, 6.45) is 2.27. The third kappa shape index (κ3) is 5.60. The number of rotatable bonds is 8. The van der Waals surface area contributed by atoms with E-state index < -0.39 is 0 Å². The summed E-state index contributed by atoms with van der Waals surface area (Å²) in [5.74, 6) is 0.187. The van der Waals surface area contributed by atoms with Crippen LogP contribution in [0.5, 0.6) is 0 Å². The SMILES string of the molecule is COCCOCCCNC(=O)c1ccnc(N)c1. The highest BCUT2D eigenvalue weighted by molar-refractivity contribution is 5.94. The summed E-state index contributed by atoms with van der Waals surface area (Å²) in [5, 5.41) is 2.78. The fourth-order valence-corrected chi connectivity index (χ4v) is 1.31. The summed E-state index contributed by atoms with van der Waals surface area (Å²) in [6, 6.07) is 3.17. The molecular formula is C12H19N3O3. The van der Waals surface area contributed by atoms with E-state index in [0.29, 0.717) is 37.7 Å². The molecule has 0 saturated carbocycles. The molecule has 0 spiro atoms.